The second-order valence-corrected chi connectivity index (χ2v) is 5.98. The zero-order valence-corrected chi connectivity index (χ0v) is 13.7. The molecule has 1 amide bonds. The van der Waals surface area contributed by atoms with E-state index < -0.39 is 0 Å². The molecule has 0 saturated heterocycles. The molecule has 4 heteroatoms. The summed E-state index contributed by atoms with van der Waals surface area (Å²) >= 11 is 0. The number of amides is 1. The van der Waals surface area contributed by atoms with Crippen molar-refractivity contribution < 1.29 is 6.17 Å². The van der Waals surface area contributed by atoms with E-state index >= 15 is 0 Å². The highest BCUT2D eigenvalue weighted by Gasteiger charge is 2.18. The van der Waals surface area contributed by atoms with Gasteiger partial charge in [0.05, 0.1) is 17.8 Å². The monoisotopic (exact) mass is 309 g/mol. The van der Waals surface area contributed by atoms with Gasteiger partial charge >= 0.3 is 0 Å². The predicted molar refractivity (Wildman–Crippen MR) is 92.5 cm³/mol. The number of fused-ring (bicyclic) bond motifs is 1. The van der Waals surface area contributed by atoms with Crippen molar-refractivity contribution in [2.75, 3.05) is 14.1 Å². The standard InChI is InChI=1S/C19H21N3O/c1-13-5-8-15(9-6-13)19-16(11-18(23)21(3)4)22-12-14(2)7-10-17(22)20-19/h5-10,12H,11H2,1-4H3/i3T. The molecule has 0 N–H and O–H groups in total. The van der Waals surface area contributed by atoms with Crippen molar-refractivity contribution in [3.63, 3.8) is 0 Å². The molecule has 3 aromatic rings. The molecule has 0 fully saturated rings. The number of hydrogen-bond donors (Lipinski definition) is 0. The van der Waals surface area contributed by atoms with Crippen LogP contribution in [-0.4, -0.2) is 34.3 Å². The summed E-state index contributed by atoms with van der Waals surface area (Å²) in [7, 11) is 1.60. The summed E-state index contributed by atoms with van der Waals surface area (Å²) in [6, 6.07) is 12.1. The Balaban J connectivity index is 2.15. The zero-order valence-electron chi connectivity index (χ0n) is 14.7. The summed E-state index contributed by atoms with van der Waals surface area (Å²) in [6.07, 6.45) is 2.23. The van der Waals surface area contributed by atoms with E-state index in [0.717, 1.165) is 28.2 Å². The highest BCUT2D eigenvalue weighted by atomic mass is 16.2. The second-order valence-electron chi connectivity index (χ2n) is 5.98. The fourth-order valence-electron chi connectivity index (χ4n) is 2.59. The summed E-state index contributed by atoms with van der Waals surface area (Å²) in [6.45, 7) is 4.07. The summed E-state index contributed by atoms with van der Waals surface area (Å²) in [5.41, 5.74) is 5.81. The van der Waals surface area contributed by atoms with Gasteiger partial charge in [-0.25, -0.2) is 4.98 Å². The number of rotatable bonds is 3. The molecule has 0 aliphatic rings. The van der Waals surface area contributed by atoms with Crippen molar-refractivity contribution in [3.05, 3.63) is 59.4 Å². The zero-order chi connectivity index (χ0) is 17.3. The van der Waals surface area contributed by atoms with Crippen LogP contribution in [0, 0.1) is 13.8 Å². The first-order chi connectivity index (χ1) is 11.5. The van der Waals surface area contributed by atoms with E-state index in [4.69, 9.17) is 6.35 Å². The molecule has 1 aromatic carbocycles. The van der Waals surface area contributed by atoms with Crippen LogP contribution in [0.1, 0.15) is 18.2 Å². The molecule has 3 rings (SSSR count). The van der Waals surface area contributed by atoms with Crippen LogP contribution in [0.3, 0.4) is 0 Å². The van der Waals surface area contributed by atoms with Crippen LogP contribution in [0.2, 0.25) is 0 Å². The number of likely N-dealkylation sites (N-methyl/N-ethyl adjacent to an activating group) is 1. The Labute approximate surface area is 137 Å². The average molecular weight is 309 g/mol. The molecular weight excluding hydrogens is 286 g/mol. The molecule has 23 heavy (non-hydrogen) atoms. The Morgan fingerprint density at radius 3 is 2.57 bits per heavy atom. The molecule has 0 bridgehead atoms. The van der Waals surface area contributed by atoms with Gasteiger partial charge < -0.3 is 9.30 Å². The van der Waals surface area contributed by atoms with E-state index in [1.165, 1.54) is 10.5 Å². The maximum absolute atomic E-state index is 12.4. The molecule has 0 atom stereocenters. The van der Waals surface area contributed by atoms with Crippen molar-refractivity contribution in [2.24, 2.45) is 0 Å². The van der Waals surface area contributed by atoms with Crippen molar-refractivity contribution in [1.29, 1.82) is 0 Å². The van der Waals surface area contributed by atoms with Crippen LogP contribution in [0.25, 0.3) is 16.9 Å². The van der Waals surface area contributed by atoms with Gasteiger partial charge in [0.15, 0.2) is 0 Å². The van der Waals surface area contributed by atoms with Gasteiger partial charge in [0.2, 0.25) is 5.91 Å². The maximum Gasteiger partial charge on any atom is 0.228 e. The Morgan fingerprint density at radius 1 is 1.17 bits per heavy atom. The lowest BCUT2D eigenvalue weighted by atomic mass is 10.1. The molecule has 0 spiro atoms. The van der Waals surface area contributed by atoms with E-state index in [-0.39, 0.29) is 19.4 Å². The molecule has 2 aromatic heterocycles. The minimum atomic E-state index is -0.0818. The van der Waals surface area contributed by atoms with E-state index in [9.17, 15) is 4.79 Å². The summed E-state index contributed by atoms with van der Waals surface area (Å²) < 4.78 is 9.38. The minimum Gasteiger partial charge on any atom is -0.348 e. The van der Waals surface area contributed by atoms with Crippen LogP contribution >= 0.6 is 0 Å². The van der Waals surface area contributed by atoms with E-state index in [2.05, 4.69) is 0 Å². The summed E-state index contributed by atoms with van der Waals surface area (Å²) in [5, 5.41) is 0. The van der Waals surface area contributed by atoms with Crippen molar-refractivity contribution in [2.45, 2.75) is 20.3 Å². The number of carbonyl (C=O) groups excluding carboxylic acids is 1. The number of aromatic nitrogens is 2. The van der Waals surface area contributed by atoms with Crippen molar-refractivity contribution in [3.8, 4) is 11.3 Å². The van der Waals surface area contributed by atoms with Crippen LogP contribution in [0.5, 0.6) is 0 Å². The molecule has 0 saturated carbocycles. The quantitative estimate of drug-likeness (QED) is 0.745. The Kier molecular flexibility index (Phi) is 3.58. The molecule has 0 radical (unpaired) electrons. The average Bonchev–Trinajstić information content (AvgIpc) is 2.92. The molecule has 118 valence electrons. The third-order valence-electron chi connectivity index (χ3n) is 3.93. The number of pyridine rings is 1. The van der Waals surface area contributed by atoms with Gasteiger partial charge in [0.1, 0.15) is 5.65 Å². The minimum absolute atomic E-state index is 0.0472. The first kappa shape index (κ1) is 14.0. The Bertz CT molecular complexity index is 884. The highest BCUT2D eigenvalue weighted by Crippen LogP contribution is 2.26. The third kappa shape index (κ3) is 2.97. The largest absolute Gasteiger partial charge is 0.348 e. The molecule has 0 aliphatic carbocycles. The van der Waals surface area contributed by atoms with Gasteiger partial charge in [-0.15, -0.1) is 0 Å². The Morgan fingerprint density at radius 2 is 1.87 bits per heavy atom. The second kappa shape index (κ2) is 5.88. The van der Waals surface area contributed by atoms with Crippen molar-refractivity contribution in [1.82, 2.24) is 14.3 Å². The molecular formula is C19H21N3O. The lowest BCUT2D eigenvalue weighted by Crippen LogP contribution is -2.24. The number of carbonyl (C=O) groups is 1. The first-order valence-corrected chi connectivity index (χ1v) is 7.57. The van der Waals surface area contributed by atoms with E-state index in [1.807, 2.05) is 60.8 Å². The lowest BCUT2D eigenvalue weighted by Gasteiger charge is -2.11. The number of imidazole rings is 1. The van der Waals surface area contributed by atoms with Gasteiger partial charge in [0.25, 0.3) is 0 Å². The summed E-state index contributed by atoms with van der Waals surface area (Å²) in [5.74, 6) is -0.0818. The van der Waals surface area contributed by atoms with Gasteiger partial charge in [-0.1, -0.05) is 35.9 Å². The molecule has 0 unspecified atom stereocenters. The van der Waals surface area contributed by atoms with Gasteiger partial charge in [-0.05, 0) is 25.5 Å². The number of aryl methyl sites for hydroxylation is 2. The normalized spacial score (nSPS) is 11.5. The van der Waals surface area contributed by atoms with Crippen LogP contribution in [0.4, 0.5) is 0 Å². The SMILES string of the molecule is [3H]CN(C)C(=O)Cc1c(-c2ccc(C)cc2)nc2ccc(C)cn12. The first-order valence-electron chi connectivity index (χ1n) is 8.28. The highest BCUT2D eigenvalue weighted by molar-refractivity contribution is 5.81. The smallest absolute Gasteiger partial charge is 0.228 e. The number of benzene rings is 1. The van der Waals surface area contributed by atoms with E-state index in [1.54, 1.807) is 7.05 Å². The fourth-order valence-corrected chi connectivity index (χ4v) is 2.59. The molecule has 2 heterocycles. The van der Waals surface area contributed by atoms with Crippen LogP contribution in [0.15, 0.2) is 42.6 Å². The predicted octanol–water partition coefficient (Wildman–Crippen LogP) is 3.25. The fraction of sp³-hybridized carbons (Fsp3) is 0.263. The Hall–Kier alpha value is -2.62. The number of nitrogens with zero attached hydrogens (tertiary/aromatic N) is 3. The van der Waals surface area contributed by atoms with Gasteiger partial charge in [0, 0.05) is 27.2 Å². The van der Waals surface area contributed by atoms with Crippen LogP contribution < -0.4 is 0 Å². The van der Waals surface area contributed by atoms with Gasteiger partial charge in [-0.3, -0.25) is 4.79 Å². The molecule has 0 aliphatic heterocycles. The van der Waals surface area contributed by atoms with Crippen LogP contribution in [-0.2, 0) is 11.2 Å². The third-order valence-corrected chi connectivity index (χ3v) is 3.93. The maximum atomic E-state index is 12.4. The molecule has 4 nitrogen and oxygen atoms in total. The summed E-state index contributed by atoms with van der Waals surface area (Å²) in [4.78, 5) is 18.5. The van der Waals surface area contributed by atoms with Crippen molar-refractivity contribution >= 4 is 11.6 Å². The van der Waals surface area contributed by atoms with E-state index in [0.29, 0.717) is 0 Å². The lowest BCUT2D eigenvalue weighted by molar-refractivity contribution is -0.128. The topological polar surface area (TPSA) is 37.6 Å². The van der Waals surface area contributed by atoms with Gasteiger partial charge in [-0.2, -0.15) is 0 Å². The number of hydrogen-bond acceptors (Lipinski definition) is 2.